The first-order valence-electron chi connectivity index (χ1n) is 10.8. The molecule has 1 aromatic carbocycles. The molecule has 0 radical (unpaired) electrons. The van der Waals surface area contributed by atoms with Crippen LogP contribution >= 0.6 is 0 Å². The fourth-order valence-electron chi connectivity index (χ4n) is 4.23. The average Bonchev–Trinajstić information content (AvgIpc) is 3.40. The van der Waals surface area contributed by atoms with Crippen molar-refractivity contribution in [2.24, 2.45) is 16.3 Å². The number of ether oxygens (including phenoxy) is 2. The van der Waals surface area contributed by atoms with Gasteiger partial charge < -0.3 is 30.1 Å². The number of para-hydroxylation sites is 2. The Morgan fingerprint density at radius 2 is 2.24 bits per heavy atom. The molecule has 2 atom stereocenters. The zero-order valence-electron chi connectivity index (χ0n) is 17.8. The molecule has 2 aliphatic heterocycles. The van der Waals surface area contributed by atoms with Crippen LogP contribution in [0.25, 0.3) is 0 Å². The standard InChI is InChI=1S/C22H36N4O3/c1-3-23-21(25-16-22(9-12-27)10-13-29-17-22)24-14-18-8-11-26(15-18)19-6-4-5-7-20(19)28-2/h4-7,18,27H,3,8-17H2,1-2H3,(H2,23,24,25). The Labute approximate surface area is 174 Å². The van der Waals surface area contributed by atoms with Gasteiger partial charge in [0.15, 0.2) is 5.96 Å². The maximum atomic E-state index is 9.41. The highest BCUT2D eigenvalue weighted by atomic mass is 16.5. The molecule has 3 rings (SSSR count). The van der Waals surface area contributed by atoms with Crippen LogP contribution in [0.4, 0.5) is 5.69 Å². The minimum atomic E-state index is -0.0227. The van der Waals surface area contributed by atoms with E-state index in [4.69, 9.17) is 14.5 Å². The Morgan fingerprint density at radius 3 is 2.97 bits per heavy atom. The number of nitrogens with zero attached hydrogens (tertiary/aromatic N) is 2. The quantitative estimate of drug-likeness (QED) is 0.431. The maximum Gasteiger partial charge on any atom is 0.191 e. The Morgan fingerprint density at radius 1 is 1.38 bits per heavy atom. The summed E-state index contributed by atoms with van der Waals surface area (Å²) < 4.78 is 11.1. The average molecular weight is 405 g/mol. The van der Waals surface area contributed by atoms with Gasteiger partial charge in [-0.2, -0.15) is 0 Å². The lowest BCUT2D eigenvalue weighted by Gasteiger charge is -2.25. The molecule has 0 aliphatic carbocycles. The number of hydrogen-bond donors (Lipinski definition) is 3. The molecular weight excluding hydrogens is 368 g/mol. The summed E-state index contributed by atoms with van der Waals surface area (Å²) in [5.74, 6) is 2.35. The van der Waals surface area contributed by atoms with Gasteiger partial charge in [0.25, 0.3) is 0 Å². The molecule has 0 bridgehead atoms. The lowest BCUT2D eigenvalue weighted by Crippen LogP contribution is -2.41. The number of anilines is 1. The maximum absolute atomic E-state index is 9.41. The Bertz CT molecular complexity index is 661. The second-order valence-corrected chi connectivity index (χ2v) is 8.12. The minimum absolute atomic E-state index is 0.0227. The van der Waals surface area contributed by atoms with E-state index in [1.165, 1.54) is 5.69 Å². The van der Waals surface area contributed by atoms with E-state index >= 15 is 0 Å². The van der Waals surface area contributed by atoms with Crippen molar-refractivity contribution in [3.8, 4) is 5.75 Å². The van der Waals surface area contributed by atoms with E-state index in [2.05, 4.69) is 34.6 Å². The Balaban J connectivity index is 1.54. The van der Waals surface area contributed by atoms with E-state index < -0.39 is 0 Å². The van der Waals surface area contributed by atoms with Crippen molar-refractivity contribution < 1.29 is 14.6 Å². The van der Waals surface area contributed by atoms with E-state index in [1.54, 1.807) is 7.11 Å². The van der Waals surface area contributed by atoms with E-state index in [0.717, 1.165) is 63.8 Å². The van der Waals surface area contributed by atoms with Crippen molar-refractivity contribution in [2.75, 3.05) is 64.6 Å². The van der Waals surface area contributed by atoms with Crippen LogP contribution in [-0.4, -0.2) is 70.7 Å². The summed E-state index contributed by atoms with van der Waals surface area (Å²) in [7, 11) is 1.73. The first-order chi connectivity index (χ1) is 14.2. The molecule has 0 aromatic heterocycles. The highest BCUT2D eigenvalue weighted by Gasteiger charge is 2.34. The second-order valence-electron chi connectivity index (χ2n) is 8.12. The Kier molecular flexibility index (Phi) is 8.00. The van der Waals surface area contributed by atoms with E-state index in [-0.39, 0.29) is 12.0 Å². The third-order valence-corrected chi connectivity index (χ3v) is 6.01. The lowest BCUT2D eigenvalue weighted by molar-refractivity contribution is 0.131. The van der Waals surface area contributed by atoms with Crippen molar-refractivity contribution in [3.63, 3.8) is 0 Å². The molecular formula is C22H36N4O3. The number of aliphatic imine (C=N–C) groups is 1. The van der Waals surface area contributed by atoms with Crippen LogP contribution in [0.1, 0.15) is 26.2 Å². The van der Waals surface area contributed by atoms with Crippen LogP contribution < -0.4 is 20.3 Å². The van der Waals surface area contributed by atoms with E-state index in [9.17, 15) is 5.11 Å². The van der Waals surface area contributed by atoms with Crippen LogP contribution in [0.2, 0.25) is 0 Å². The fourth-order valence-corrected chi connectivity index (χ4v) is 4.23. The first-order valence-corrected chi connectivity index (χ1v) is 10.8. The number of rotatable bonds is 9. The van der Waals surface area contributed by atoms with Crippen LogP contribution in [0.15, 0.2) is 29.3 Å². The monoisotopic (exact) mass is 404 g/mol. The van der Waals surface area contributed by atoms with Gasteiger partial charge in [-0.3, -0.25) is 4.99 Å². The largest absolute Gasteiger partial charge is 0.495 e. The van der Waals surface area contributed by atoms with Gasteiger partial charge >= 0.3 is 0 Å². The molecule has 2 heterocycles. The molecule has 162 valence electrons. The SMILES string of the molecule is CCNC(=NCC1(CCO)CCOC1)NCC1CCN(c2ccccc2OC)C1. The zero-order valence-corrected chi connectivity index (χ0v) is 17.8. The lowest BCUT2D eigenvalue weighted by atomic mass is 9.84. The summed E-state index contributed by atoms with van der Waals surface area (Å²) in [5.41, 5.74) is 1.15. The van der Waals surface area contributed by atoms with Gasteiger partial charge in [0.1, 0.15) is 5.75 Å². The van der Waals surface area contributed by atoms with E-state index in [1.807, 2.05) is 12.1 Å². The molecule has 1 aromatic rings. The minimum Gasteiger partial charge on any atom is -0.495 e. The number of methoxy groups -OCH3 is 1. The first kappa shape index (κ1) is 21.7. The molecule has 29 heavy (non-hydrogen) atoms. The molecule has 3 N–H and O–H groups in total. The molecule has 2 fully saturated rings. The summed E-state index contributed by atoms with van der Waals surface area (Å²) >= 11 is 0. The topological polar surface area (TPSA) is 78.4 Å². The molecule has 2 saturated heterocycles. The summed E-state index contributed by atoms with van der Waals surface area (Å²) in [4.78, 5) is 7.23. The van der Waals surface area contributed by atoms with Gasteiger partial charge in [0.05, 0.1) is 25.9 Å². The van der Waals surface area contributed by atoms with Crippen LogP contribution in [0.5, 0.6) is 5.75 Å². The summed E-state index contributed by atoms with van der Waals surface area (Å²) in [6.45, 7) is 8.16. The number of benzene rings is 1. The van der Waals surface area contributed by atoms with Crippen molar-refractivity contribution in [2.45, 2.75) is 26.2 Å². The van der Waals surface area contributed by atoms with Gasteiger partial charge in [0, 0.05) is 44.8 Å². The van der Waals surface area contributed by atoms with E-state index in [0.29, 0.717) is 19.1 Å². The van der Waals surface area contributed by atoms with Crippen LogP contribution in [0, 0.1) is 11.3 Å². The van der Waals surface area contributed by atoms with Gasteiger partial charge in [-0.25, -0.2) is 0 Å². The second kappa shape index (κ2) is 10.7. The van der Waals surface area contributed by atoms with Gasteiger partial charge in [-0.15, -0.1) is 0 Å². The van der Waals surface area contributed by atoms with Crippen molar-refractivity contribution in [1.29, 1.82) is 0 Å². The molecule has 0 spiro atoms. The smallest absolute Gasteiger partial charge is 0.191 e. The predicted octanol–water partition coefficient (Wildman–Crippen LogP) is 1.87. The molecule has 7 nitrogen and oxygen atoms in total. The molecule has 0 amide bonds. The number of hydrogen-bond acceptors (Lipinski definition) is 5. The number of aliphatic hydroxyl groups is 1. The highest BCUT2D eigenvalue weighted by molar-refractivity contribution is 5.79. The zero-order chi connectivity index (χ0) is 20.5. The normalized spacial score (nSPS) is 24.7. The molecule has 0 saturated carbocycles. The molecule has 2 unspecified atom stereocenters. The van der Waals surface area contributed by atoms with Crippen molar-refractivity contribution in [3.05, 3.63) is 24.3 Å². The molecule has 2 aliphatic rings. The predicted molar refractivity (Wildman–Crippen MR) is 117 cm³/mol. The Hall–Kier alpha value is -1.99. The highest BCUT2D eigenvalue weighted by Crippen LogP contribution is 2.33. The number of aliphatic hydroxyl groups excluding tert-OH is 1. The van der Waals surface area contributed by atoms with Gasteiger partial charge in [-0.05, 0) is 44.2 Å². The van der Waals surface area contributed by atoms with Crippen molar-refractivity contribution in [1.82, 2.24) is 10.6 Å². The summed E-state index contributed by atoms with van der Waals surface area (Å²) in [6.07, 6.45) is 2.85. The number of nitrogens with one attached hydrogen (secondary N) is 2. The van der Waals surface area contributed by atoms with Crippen LogP contribution in [-0.2, 0) is 4.74 Å². The fraction of sp³-hybridized carbons (Fsp3) is 0.682. The number of guanidine groups is 1. The molecule has 7 heteroatoms. The van der Waals surface area contributed by atoms with Gasteiger partial charge in [-0.1, -0.05) is 12.1 Å². The summed E-state index contributed by atoms with van der Waals surface area (Å²) in [6, 6.07) is 8.22. The van der Waals surface area contributed by atoms with Crippen LogP contribution in [0.3, 0.4) is 0 Å². The third kappa shape index (κ3) is 5.76. The van der Waals surface area contributed by atoms with Crippen molar-refractivity contribution >= 4 is 11.6 Å². The van der Waals surface area contributed by atoms with Gasteiger partial charge in [0.2, 0.25) is 0 Å². The summed E-state index contributed by atoms with van der Waals surface area (Å²) in [5, 5.41) is 16.3. The third-order valence-electron chi connectivity index (χ3n) is 6.01.